The number of hydrogen-bond acceptors (Lipinski definition) is 5. The Hall–Kier alpha value is -0.950. The number of ether oxygens (including phenoxy) is 2. The Labute approximate surface area is 147 Å². The third-order valence-electron chi connectivity index (χ3n) is 5.56. The molecule has 0 saturated carbocycles. The van der Waals surface area contributed by atoms with Crippen molar-refractivity contribution in [1.29, 1.82) is 0 Å². The van der Waals surface area contributed by atoms with E-state index < -0.39 is 0 Å². The van der Waals surface area contributed by atoms with Gasteiger partial charge in [-0.05, 0) is 47.6 Å². The number of thiophene rings is 1. The fourth-order valence-electron chi connectivity index (χ4n) is 4.12. The summed E-state index contributed by atoms with van der Waals surface area (Å²) >= 11 is 1.74. The average Bonchev–Trinajstić information content (AvgIpc) is 3.32. The van der Waals surface area contributed by atoms with Gasteiger partial charge in [0.1, 0.15) is 6.10 Å². The van der Waals surface area contributed by atoms with Crippen molar-refractivity contribution in [3.05, 3.63) is 22.4 Å². The molecule has 0 aromatic carbocycles. The van der Waals surface area contributed by atoms with E-state index in [9.17, 15) is 4.79 Å². The summed E-state index contributed by atoms with van der Waals surface area (Å²) in [5, 5.41) is 7.44. The fraction of sp³-hybridized carbons (Fsp3) is 0.722. The SMILES string of the molecule is O=C(NCC1CCOCC1)[C@@H]1C[C@@H]2[C@@H](CCN2Cc2ccsc2)O1. The molecule has 0 radical (unpaired) electrons. The van der Waals surface area contributed by atoms with Gasteiger partial charge in [-0.25, -0.2) is 0 Å². The highest BCUT2D eigenvalue weighted by atomic mass is 32.1. The van der Waals surface area contributed by atoms with Gasteiger partial charge in [0.2, 0.25) is 5.91 Å². The number of carbonyl (C=O) groups excluding carboxylic acids is 1. The molecular formula is C18H26N2O3S. The first-order chi connectivity index (χ1) is 11.8. The number of hydrogen-bond donors (Lipinski definition) is 1. The largest absolute Gasteiger partial charge is 0.381 e. The van der Waals surface area contributed by atoms with Crippen molar-refractivity contribution in [1.82, 2.24) is 10.2 Å². The van der Waals surface area contributed by atoms with Crippen LogP contribution < -0.4 is 5.32 Å². The molecule has 4 rings (SSSR count). The lowest BCUT2D eigenvalue weighted by Gasteiger charge is -2.23. The zero-order valence-electron chi connectivity index (χ0n) is 14.0. The maximum atomic E-state index is 12.5. The number of nitrogens with one attached hydrogen (secondary N) is 1. The van der Waals surface area contributed by atoms with E-state index in [2.05, 4.69) is 27.0 Å². The van der Waals surface area contributed by atoms with Gasteiger partial charge in [-0.15, -0.1) is 0 Å². The number of nitrogens with zero attached hydrogens (tertiary/aromatic N) is 1. The van der Waals surface area contributed by atoms with E-state index in [0.717, 1.165) is 58.5 Å². The Morgan fingerprint density at radius 2 is 2.21 bits per heavy atom. The molecule has 5 nitrogen and oxygen atoms in total. The zero-order chi connectivity index (χ0) is 16.4. The van der Waals surface area contributed by atoms with E-state index in [0.29, 0.717) is 12.0 Å². The molecular weight excluding hydrogens is 324 g/mol. The van der Waals surface area contributed by atoms with E-state index >= 15 is 0 Å². The van der Waals surface area contributed by atoms with Gasteiger partial charge in [-0.3, -0.25) is 9.69 Å². The van der Waals surface area contributed by atoms with E-state index in [1.165, 1.54) is 5.56 Å². The first kappa shape index (κ1) is 16.5. The van der Waals surface area contributed by atoms with Crippen LogP contribution in [0.1, 0.15) is 31.2 Å². The molecule has 3 atom stereocenters. The van der Waals surface area contributed by atoms with Crippen LogP contribution in [0, 0.1) is 5.92 Å². The van der Waals surface area contributed by atoms with Crippen LogP contribution in [0.4, 0.5) is 0 Å². The molecule has 0 spiro atoms. The molecule has 1 aromatic heterocycles. The quantitative estimate of drug-likeness (QED) is 0.883. The van der Waals surface area contributed by atoms with E-state index in [-0.39, 0.29) is 18.1 Å². The molecule has 3 aliphatic heterocycles. The van der Waals surface area contributed by atoms with Gasteiger partial charge < -0.3 is 14.8 Å². The Morgan fingerprint density at radius 1 is 1.33 bits per heavy atom. The second-order valence-corrected chi connectivity index (χ2v) is 7.94. The summed E-state index contributed by atoms with van der Waals surface area (Å²) < 4.78 is 11.4. The Bertz CT molecular complexity index is 544. The van der Waals surface area contributed by atoms with Crippen LogP contribution in [0.15, 0.2) is 16.8 Å². The average molecular weight is 350 g/mol. The van der Waals surface area contributed by atoms with Gasteiger partial charge >= 0.3 is 0 Å². The van der Waals surface area contributed by atoms with Gasteiger partial charge in [0, 0.05) is 45.3 Å². The predicted octanol–water partition coefficient (Wildman–Crippen LogP) is 2.02. The molecule has 1 aromatic rings. The molecule has 1 N–H and O–H groups in total. The lowest BCUT2D eigenvalue weighted by atomic mass is 10.0. The van der Waals surface area contributed by atoms with Crippen molar-refractivity contribution in [2.24, 2.45) is 5.92 Å². The summed E-state index contributed by atoms with van der Waals surface area (Å²) in [6.07, 6.45) is 3.91. The fourth-order valence-corrected chi connectivity index (χ4v) is 4.78. The first-order valence-electron chi connectivity index (χ1n) is 9.05. The molecule has 0 aliphatic carbocycles. The maximum Gasteiger partial charge on any atom is 0.249 e. The molecule has 0 bridgehead atoms. The summed E-state index contributed by atoms with van der Waals surface area (Å²) in [5.41, 5.74) is 1.37. The number of amides is 1. The second-order valence-electron chi connectivity index (χ2n) is 7.16. The Balaban J connectivity index is 1.27. The molecule has 3 fully saturated rings. The van der Waals surface area contributed by atoms with Crippen molar-refractivity contribution in [2.75, 3.05) is 26.3 Å². The molecule has 3 aliphatic rings. The van der Waals surface area contributed by atoms with Gasteiger partial charge in [0.25, 0.3) is 0 Å². The monoisotopic (exact) mass is 350 g/mol. The third-order valence-corrected chi connectivity index (χ3v) is 6.29. The molecule has 6 heteroatoms. The van der Waals surface area contributed by atoms with Gasteiger partial charge in [0.05, 0.1) is 6.10 Å². The van der Waals surface area contributed by atoms with Crippen molar-refractivity contribution < 1.29 is 14.3 Å². The number of carbonyl (C=O) groups is 1. The molecule has 4 heterocycles. The van der Waals surface area contributed by atoms with Crippen molar-refractivity contribution in [3.8, 4) is 0 Å². The van der Waals surface area contributed by atoms with Gasteiger partial charge in [0.15, 0.2) is 0 Å². The standard InChI is InChI=1S/C18H26N2O3S/c21-18(19-10-13-2-6-22-7-3-13)17-9-15-16(23-17)1-5-20(15)11-14-4-8-24-12-14/h4,8,12-13,15-17H,1-3,5-7,9-11H2,(H,19,21)/t15-,16-,17+/m1/s1. The summed E-state index contributed by atoms with van der Waals surface area (Å²) in [5.74, 6) is 0.630. The second kappa shape index (κ2) is 7.52. The minimum absolute atomic E-state index is 0.0753. The molecule has 24 heavy (non-hydrogen) atoms. The maximum absolute atomic E-state index is 12.5. The molecule has 0 unspecified atom stereocenters. The van der Waals surface area contributed by atoms with Crippen molar-refractivity contribution in [2.45, 2.75) is 50.5 Å². The summed E-state index contributed by atoms with van der Waals surface area (Å²) in [6.45, 7) is 4.45. The zero-order valence-corrected chi connectivity index (χ0v) is 14.8. The number of likely N-dealkylation sites (tertiary alicyclic amines) is 1. The van der Waals surface area contributed by atoms with Crippen LogP contribution in [-0.4, -0.2) is 55.4 Å². The summed E-state index contributed by atoms with van der Waals surface area (Å²) in [6, 6.07) is 2.58. The van der Waals surface area contributed by atoms with Crippen molar-refractivity contribution in [3.63, 3.8) is 0 Å². The Morgan fingerprint density at radius 3 is 3.00 bits per heavy atom. The normalized spacial score (nSPS) is 31.2. The smallest absolute Gasteiger partial charge is 0.249 e. The highest BCUT2D eigenvalue weighted by Crippen LogP contribution is 2.34. The van der Waals surface area contributed by atoms with Crippen LogP contribution >= 0.6 is 11.3 Å². The topological polar surface area (TPSA) is 50.8 Å². The van der Waals surface area contributed by atoms with Crippen LogP contribution in [0.5, 0.6) is 0 Å². The molecule has 132 valence electrons. The van der Waals surface area contributed by atoms with E-state index in [4.69, 9.17) is 9.47 Å². The van der Waals surface area contributed by atoms with Crippen LogP contribution in [0.25, 0.3) is 0 Å². The predicted molar refractivity (Wildman–Crippen MR) is 93.0 cm³/mol. The molecule has 3 saturated heterocycles. The van der Waals surface area contributed by atoms with Crippen LogP contribution in [0.3, 0.4) is 0 Å². The van der Waals surface area contributed by atoms with Crippen LogP contribution in [-0.2, 0) is 20.8 Å². The third kappa shape index (κ3) is 3.67. The van der Waals surface area contributed by atoms with E-state index in [1.807, 2.05) is 0 Å². The Kier molecular flexibility index (Phi) is 5.17. The minimum Gasteiger partial charge on any atom is -0.381 e. The summed E-state index contributed by atoms with van der Waals surface area (Å²) in [7, 11) is 0. The van der Waals surface area contributed by atoms with Gasteiger partial charge in [-0.1, -0.05) is 0 Å². The minimum atomic E-state index is -0.273. The van der Waals surface area contributed by atoms with Crippen LogP contribution in [0.2, 0.25) is 0 Å². The first-order valence-corrected chi connectivity index (χ1v) is 10.00. The highest BCUT2D eigenvalue weighted by molar-refractivity contribution is 7.07. The van der Waals surface area contributed by atoms with Gasteiger partial charge in [-0.2, -0.15) is 11.3 Å². The number of rotatable bonds is 5. The van der Waals surface area contributed by atoms with Crippen molar-refractivity contribution >= 4 is 17.2 Å². The van der Waals surface area contributed by atoms with E-state index in [1.54, 1.807) is 11.3 Å². The summed E-state index contributed by atoms with van der Waals surface area (Å²) in [4.78, 5) is 14.9. The lowest BCUT2D eigenvalue weighted by molar-refractivity contribution is -0.132. The molecule has 1 amide bonds. The highest BCUT2D eigenvalue weighted by Gasteiger charge is 2.45. The lowest BCUT2D eigenvalue weighted by Crippen LogP contribution is -2.39. The number of fused-ring (bicyclic) bond motifs is 1.